The molecule has 0 spiro atoms. The molecule has 1 atom stereocenters. The van der Waals surface area contributed by atoms with Gasteiger partial charge in [-0.05, 0) is 23.8 Å². The third-order valence-corrected chi connectivity index (χ3v) is 1.89. The molecule has 0 aliphatic heterocycles. The first-order valence-corrected chi connectivity index (χ1v) is 4.26. The first-order chi connectivity index (χ1) is 6.13. The van der Waals surface area contributed by atoms with Crippen LogP contribution in [0.15, 0.2) is 18.2 Å². The molecule has 13 heavy (non-hydrogen) atoms. The van der Waals surface area contributed by atoms with E-state index in [1.807, 2.05) is 0 Å². The zero-order valence-electron chi connectivity index (χ0n) is 6.87. The molecular weight excluding hydrogens is 195 g/mol. The molecule has 0 heterocycles. The van der Waals surface area contributed by atoms with E-state index < -0.39 is 11.9 Å². The van der Waals surface area contributed by atoms with Crippen molar-refractivity contribution in [1.29, 1.82) is 0 Å². The van der Waals surface area contributed by atoms with Gasteiger partial charge in [0.2, 0.25) is 0 Å². The highest BCUT2D eigenvalue weighted by Gasteiger charge is 2.08. The highest BCUT2D eigenvalue weighted by atomic mass is 35.5. The standard InChI is InChI=1S/C9H10ClFO2/c10-7-3-6(4-8(11)5-7)9(13)1-2-12/h3-5,9,12-13H,1-2H2/t9-/m0/s1. The normalized spacial score (nSPS) is 12.9. The maximum absolute atomic E-state index is 12.8. The second-order valence-corrected chi connectivity index (χ2v) is 3.17. The molecule has 0 saturated carbocycles. The van der Waals surface area contributed by atoms with Crippen molar-refractivity contribution in [1.82, 2.24) is 0 Å². The van der Waals surface area contributed by atoms with Crippen LogP contribution in [0.25, 0.3) is 0 Å². The third kappa shape index (κ3) is 2.95. The lowest BCUT2D eigenvalue weighted by atomic mass is 10.1. The van der Waals surface area contributed by atoms with Gasteiger partial charge in [0.1, 0.15) is 5.82 Å². The Bertz CT molecular complexity index is 271. The first kappa shape index (κ1) is 10.4. The van der Waals surface area contributed by atoms with E-state index in [9.17, 15) is 9.50 Å². The van der Waals surface area contributed by atoms with Gasteiger partial charge in [-0.25, -0.2) is 4.39 Å². The molecule has 1 aromatic carbocycles. The molecule has 1 rings (SSSR count). The van der Waals surface area contributed by atoms with Crippen molar-refractivity contribution in [3.63, 3.8) is 0 Å². The summed E-state index contributed by atoms with van der Waals surface area (Å²) in [5.41, 5.74) is 0.388. The number of hydrogen-bond acceptors (Lipinski definition) is 2. The van der Waals surface area contributed by atoms with Crippen molar-refractivity contribution in [2.24, 2.45) is 0 Å². The Hall–Kier alpha value is -0.640. The Kier molecular flexibility index (Phi) is 3.66. The van der Waals surface area contributed by atoms with Crippen LogP contribution in [0, 0.1) is 5.82 Å². The highest BCUT2D eigenvalue weighted by molar-refractivity contribution is 6.30. The van der Waals surface area contributed by atoms with Crippen molar-refractivity contribution in [3.05, 3.63) is 34.6 Å². The highest BCUT2D eigenvalue weighted by Crippen LogP contribution is 2.21. The first-order valence-electron chi connectivity index (χ1n) is 3.88. The van der Waals surface area contributed by atoms with Gasteiger partial charge in [0.05, 0.1) is 6.10 Å². The van der Waals surface area contributed by atoms with Gasteiger partial charge < -0.3 is 10.2 Å². The Morgan fingerprint density at radius 3 is 2.62 bits per heavy atom. The van der Waals surface area contributed by atoms with Crippen LogP contribution in [0.5, 0.6) is 0 Å². The Labute approximate surface area is 80.6 Å². The molecule has 4 heteroatoms. The fourth-order valence-electron chi connectivity index (χ4n) is 1.06. The smallest absolute Gasteiger partial charge is 0.125 e. The van der Waals surface area contributed by atoms with Crippen LogP contribution in [0.3, 0.4) is 0 Å². The molecule has 1 aromatic rings. The topological polar surface area (TPSA) is 40.5 Å². The van der Waals surface area contributed by atoms with Crippen LogP contribution in [0.1, 0.15) is 18.1 Å². The van der Waals surface area contributed by atoms with E-state index in [4.69, 9.17) is 16.7 Å². The second-order valence-electron chi connectivity index (χ2n) is 2.73. The SMILES string of the molecule is OCC[C@H](O)c1cc(F)cc(Cl)c1. The van der Waals surface area contributed by atoms with Gasteiger partial charge in [-0.2, -0.15) is 0 Å². The summed E-state index contributed by atoms with van der Waals surface area (Å²) in [4.78, 5) is 0. The lowest BCUT2D eigenvalue weighted by Crippen LogP contribution is -2.00. The van der Waals surface area contributed by atoms with E-state index in [-0.39, 0.29) is 18.1 Å². The van der Waals surface area contributed by atoms with Gasteiger partial charge in [-0.1, -0.05) is 11.6 Å². The lowest BCUT2D eigenvalue weighted by molar-refractivity contribution is 0.134. The molecule has 0 saturated heterocycles. The van der Waals surface area contributed by atoms with Crippen LogP contribution < -0.4 is 0 Å². The van der Waals surface area contributed by atoms with Gasteiger partial charge in [0.15, 0.2) is 0 Å². The molecule has 0 unspecified atom stereocenters. The zero-order valence-corrected chi connectivity index (χ0v) is 7.63. The molecular formula is C9H10ClFO2. The Morgan fingerprint density at radius 1 is 1.38 bits per heavy atom. The quantitative estimate of drug-likeness (QED) is 0.790. The summed E-state index contributed by atoms with van der Waals surface area (Å²) in [6.07, 6.45) is -0.682. The van der Waals surface area contributed by atoms with E-state index in [0.717, 1.165) is 6.07 Å². The van der Waals surface area contributed by atoms with Gasteiger partial charge >= 0.3 is 0 Å². The van der Waals surface area contributed by atoms with Crippen molar-refractivity contribution in [3.8, 4) is 0 Å². The van der Waals surface area contributed by atoms with E-state index in [1.165, 1.54) is 12.1 Å². The zero-order chi connectivity index (χ0) is 9.84. The molecule has 0 fully saturated rings. The summed E-state index contributed by atoms with van der Waals surface area (Å²) < 4.78 is 12.8. The number of aliphatic hydroxyl groups is 2. The van der Waals surface area contributed by atoms with Crippen LogP contribution in [-0.4, -0.2) is 16.8 Å². The fourth-order valence-corrected chi connectivity index (χ4v) is 1.29. The van der Waals surface area contributed by atoms with Crippen LogP contribution >= 0.6 is 11.6 Å². The fraction of sp³-hybridized carbons (Fsp3) is 0.333. The number of benzene rings is 1. The number of aliphatic hydroxyl groups excluding tert-OH is 2. The summed E-state index contributed by atoms with van der Waals surface area (Å²) in [7, 11) is 0. The predicted molar refractivity (Wildman–Crippen MR) is 48.1 cm³/mol. The number of halogens is 2. The van der Waals surface area contributed by atoms with Gasteiger partial charge in [0, 0.05) is 18.1 Å². The summed E-state index contributed by atoms with van der Waals surface area (Å²) in [6, 6.07) is 3.84. The van der Waals surface area contributed by atoms with Crippen molar-refractivity contribution < 1.29 is 14.6 Å². The van der Waals surface area contributed by atoms with E-state index in [2.05, 4.69) is 0 Å². The molecule has 2 nitrogen and oxygen atoms in total. The summed E-state index contributed by atoms with van der Waals surface area (Å²) in [5.74, 6) is -0.487. The molecule has 0 aromatic heterocycles. The molecule has 0 bridgehead atoms. The minimum Gasteiger partial charge on any atom is -0.396 e. The molecule has 2 N–H and O–H groups in total. The van der Waals surface area contributed by atoms with Crippen molar-refractivity contribution in [2.45, 2.75) is 12.5 Å². The maximum atomic E-state index is 12.8. The van der Waals surface area contributed by atoms with Crippen LogP contribution in [0.4, 0.5) is 4.39 Å². The van der Waals surface area contributed by atoms with E-state index >= 15 is 0 Å². The van der Waals surface area contributed by atoms with Gasteiger partial charge in [0.25, 0.3) is 0 Å². The van der Waals surface area contributed by atoms with E-state index in [1.54, 1.807) is 0 Å². The van der Waals surface area contributed by atoms with Gasteiger partial charge in [-0.15, -0.1) is 0 Å². The Balaban J connectivity index is 2.87. The van der Waals surface area contributed by atoms with Crippen LogP contribution in [-0.2, 0) is 0 Å². The average molecular weight is 205 g/mol. The Morgan fingerprint density at radius 2 is 2.08 bits per heavy atom. The molecule has 0 amide bonds. The largest absolute Gasteiger partial charge is 0.396 e. The second kappa shape index (κ2) is 4.56. The van der Waals surface area contributed by atoms with E-state index in [0.29, 0.717) is 5.56 Å². The molecule has 0 radical (unpaired) electrons. The van der Waals surface area contributed by atoms with Gasteiger partial charge in [-0.3, -0.25) is 0 Å². The maximum Gasteiger partial charge on any atom is 0.125 e. The monoisotopic (exact) mass is 204 g/mol. The van der Waals surface area contributed by atoms with Crippen molar-refractivity contribution in [2.75, 3.05) is 6.61 Å². The number of hydrogen-bond donors (Lipinski definition) is 2. The third-order valence-electron chi connectivity index (χ3n) is 1.67. The molecule has 0 aliphatic carbocycles. The number of rotatable bonds is 3. The summed E-state index contributed by atoms with van der Waals surface area (Å²) in [5, 5.41) is 18.2. The minimum absolute atomic E-state index is 0.144. The molecule has 0 aliphatic rings. The molecule has 72 valence electrons. The minimum atomic E-state index is -0.863. The summed E-state index contributed by atoms with van der Waals surface area (Å²) >= 11 is 5.58. The van der Waals surface area contributed by atoms with Crippen LogP contribution in [0.2, 0.25) is 5.02 Å². The lowest BCUT2D eigenvalue weighted by Gasteiger charge is -2.09. The average Bonchev–Trinajstić information content (AvgIpc) is 2.03. The summed E-state index contributed by atoms with van der Waals surface area (Å²) in [6.45, 7) is -0.144. The predicted octanol–water partition coefficient (Wildman–Crippen LogP) is 1.89. The van der Waals surface area contributed by atoms with Crippen molar-refractivity contribution >= 4 is 11.6 Å².